The van der Waals surface area contributed by atoms with Gasteiger partial charge in [-0.3, -0.25) is 4.79 Å². The zero-order valence-corrected chi connectivity index (χ0v) is 15.7. The number of amides is 1. The van der Waals surface area contributed by atoms with Gasteiger partial charge >= 0.3 is 0 Å². The van der Waals surface area contributed by atoms with Crippen molar-refractivity contribution < 1.29 is 9.53 Å². The molecular weight excluding hydrogens is 364 g/mol. The zero-order valence-electron chi connectivity index (χ0n) is 14.9. The Hall–Kier alpha value is -2.86. The first kappa shape index (κ1) is 17.5. The quantitative estimate of drug-likeness (QED) is 0.696. The van der Waals surface area contributed by atoms with Crippen molar-refractivity contribution in [2.45, 2.75) is 0 Å². The lowest BCUT2D eigenvalue weighted by Gasteiger charge is -2.36. The maximum absolute atomic E-state index is 13.0. The highest BCUT2D eigenvalue weighted by Gasteiger charge is 2.26. The summed E-state index contributed by atoms with van der Waals surface area (Å²) in [6.07, 6.45) is 0. The van der Waals surface area contributed by atoms with Crippen LogP contribution in [0.2, 0.25) is 5.02 Å². The van der Waals surface area contributed by atoms with Crippen molar-refractivity contribution in [3.8, 4) is 5.88 Å². The van der Waals surface area contributed by atoms with Gasteiger partial charge in [0.15, 0.2) is 5.69 Å². The Morgan fingerprint density at radius 3 is 2.37 bits per heavy atom. The number of carbonyl (C=O) groups is 1. The normalized spacial score (nSPS) is 14.4. The van der Waals surface area contributed by atoms with Gasteiger partial charge in [0.2, 0.25) is 5.88 Å². The van der Waals surface area contributed by atoms with E-state index in [-0.39, 0.29) is 17.5 Å². The van der Waals surface area contributed by atoms with Gasteiger partial charge in [-0.15, -0.1) is 0 Å². The predicted molar refractivity (Wildman–Crippen MR) is 106 cm³/mol. The smallest absolute Gasteiger partial charge is 0.278 e. The second-order valence-corrected chi connectivity index (χ2v) is 6.77. The summed E-state index contributed by atoms with van der Waals surface area (Å²) in [5.74, 6) is 0.104. The van der Waals surface area contributed by atoms with Crippen LogP contribution < -0.4 is 9.64 Å². The number of carbonyl (C=O) groups excluding carboxylic acids is 1. The van der Waals surface area contributed by atoms with Crippen LogP contribution in [0.15, 0.2) is 48.5 Å². The summed E-state index contributed by atoms with van der Waals surface area (Å²) in [6, 6.07) is 15.2. The van der Waals surface area contributed by atoms with Crippen LogP contribution in [0, 0.1) is 0 Å². The number of benzene rings is 2. The number of rotatable bonds is 3. The maximum atomic E-state index is 13.0. The molecule has 138 valence electrons. The summed E-state index contributed by atoms with van der Waals surface area (Å²) in [6.45, 7) is 2.66. The van der Waals surface area contributed by atoms with Crippen LogP contribution >= 0.6 is 11.6 Å². The number of ether oxygens (including phenoxy) is 1. The third-order valence-corrected chi connectivity index (χ3v) is 4.91. The molecule has 0 unspecified atom stereocenters. The Balaban J connectivity index is 1.53. The molecule has 0 radical (unpaired) electrons. The van der Waals surface area contributed by atoms with E-state index in [0.29, 0.717) is 29.1 Å². The van der Waals surface area contributed by atoms with E-state index in [2.05, 4.69) is 14.9 Å². The fourth-order valence-electron chi connectivity index (χ4n) is 3.26. The molecule has 27 heavy (non-hydrogen) atoms. The number of para-hydroxylation sites is 2. The average Bonchev–Trinajstić information content (AvgIpc) is 2.72. The molecule has 2 aromatic carbocycles. The minimum Gasteiger partial charge on any atom is -0.479 e. The van der Waals surface area contributed by atoms with E-state index in [1.54, 1.807) is 4.90 Å². The number of piperazine rings is 1. The molecule has 0 spiro atoms. The SMILES string of the molecule is COc1nc2ccccc2nc1C(=O)N1CCN(c2cccc(Cl)c2)CC1. The summed E-state index contributed by atoms with van der Waals surface area (Å²) in [5.41, 5.74) is 2.71. The van der Waals surface area contributed by atoms with Crippen LogP contribution in [0.3, 0.4) is 0 Å². The molecule has 1 aromatic heterocycles. The molecule has 1 aliphatic rings. The molecule has 2 heterocycles. The summed E-state index contributed by atoms with van der Waals surface area (Å²) < 4.78 is 5.32. The number of methoxy groups -OCH3 is 1. The first-order valence-corrected chi connectivity index (χ1v) is 9.14. The van der Waals surface area contributed by atoms with Crippen LogP contribution in [-0.4, -0.2) is 54.1 Å². The number of nitrogens with zero attached hydrogens (tertiary/aromatic N) is 4. The fourth-order valence-corrected chi connectivity index (χ4v) is 3.44. The van der Waals surface area contributed by atoms with E-state index in [4.69, 9.17) is 16.3 Å². The minimum absolute atomic E-state index is 0.157. The molecule has 1 fully saturated rings. The Labute approximate surface area is 162 Å². The summed E-state index contributed by atoms with van der Waals surface area (Å²) in [5, 5.41) is 0.710. The maximum Gasteiger partial charge on any atom is 0.278 e. The number of anilines is 1. The number of fused-ring (bicyclic) bond motifs is 1. The molecule has 1 saturated heterocycles. The van der Waals surface area contributed by atoms with E-state index in [0.717, 1.165) is 18.8 Å². The van der Waals surface area contributed by atoms with Crippen LogP contribution in [0.5, 0.6) is 5.88 Å². The minimum atomic E-state index is -0.157. The molecule has 0 saturated carbocycles. The fraction of sp³-hybridized carbons (Fsp3) is 0.250. The lowest BCUT2D eigenvalue weighted by atomic mass is 10.2. The number of hydrogen-bond donors (Lipinski definition) is 0. The van der Waals surface area contributed by atoms with Crippen molar-refractivity contribution in [1.29, 1.82) is 0 Å². The molecule has 0 N–H and O–H groups in total. The highest BCUT2D eigenvalue weighted by molar-refractivity contribution is 6.30. The van der Waals surface area contributed by atoms with Gasteiger partial charge in [0.1, 0.15) is 0 Å². The van der Waals surface area contributed by atoms with Gasteiger partial charge < -0.3 is 14.5 Å². The molecule has 0 atom stereocenters. The van der Waals surface area contributed by atoms with Crippen LogP contribution in [0.1, 0.15) is 10.5 Å². The molecular formula is C20H19ClN4O2. The standard InChI is InChI=1S/C20H19ClN4O2/c1-27-19-18(22-16-7-2-3-8-17(16)23-19)20(26)25-11-9-24(10-12-25)15-6-4-5-14(21)13-15/h2-8,13H,9-12H2,1H3. The van der Waals surface area contributed by atoms with E-state index in [1.807, 2.05) is 48.5 Å². The molecule has 1 amide bonds. The van der Waals surface area contributed by atoms with Crippen molar-refractivity contribution >= 4 is 34.2 Å². The number of hydrogen-bond acceptors (Lipinski definition) is 5. The Morgan fingerprint density at radius 2 is 1.70 bits per heavy atom. The third kappa shape index (κ3) is 3.53. The summed E-state index contributed by atoms with van der Waals surface area (Å²) in [7, 11) is 1.51. The monoisotopic (exact) mass is 382 g/mol. The van der Waals surface area contributed by atoms with Gasteiger partial charge in [0.25, 0.3) is 5.91 Å². The topological polar surface area (TPSA) is 58.6 Å². The van der Waals surface area contributed by atoms with Crippen molar-refractivity contribution in [2.75, 3.05) is 38.2 Å². The Morgan fingerprint density at radius 1 is 1.00 bits per heavy atom. The number of halogens is 1. The first-order chi connectivity index (χ1) is 13.2. The lowest BCUT2D eigenvalue weighted by Crippen LogP contribution is -2.49. The van der Waals surface area contributed by atoms with Gasteiger partial charge in [-0.25, -0.2) is 9.97 Å². The molecule has 0 aliphatic carbocycles. The highest BCUT2D eigenvalue weighted by Crippen LogP contribution is 2.23. The zero-order chi connectivity index (χ0) is 18.8. The summed E-state index contributed by atoms with van der Waals surface area (Å²) >= 11 is 6.08. The van der Waals surface area contributed by atoms with E-state index >= 15 is 0 Å². The first-order valence-electron chi connectivity index (χ1n) is 8.76. The summed E-state index contributed by atoms with van der Waals surface area (Å²) in [4.78, 5) is 26.0. The van der Waals surface area contributed by atoms with Gasteiger partial charge in [-0.2, -0.15) is 0 Å². The van der Waals surface area contributed by atoms with Crippen molar-refractivity contribution in [3.63, 3.8) is 0 Å². The molecule has 6 nitrogen and oxygen atoms in total. The van der Waals surface area contributed by atoms with Crippen molar-refractivity contribution in [1.82, 2.24) is 14.9 Å². The predicted octanol–water partition coefficient (Wildman–Crippen LogP) is 3.25. The van der Waals surface area contributed by atoms with E-state index < -0.39 is 0 Å². The van der Waals surface area contributed by atoms with Crippen LogP contribution in [0.4, 0.5) is 5.69 Å². The van der Waals surface area contributed by atoms with Gasteiger partial charge in [-0.1, -0.05) is 29.8 Å². The van der Waals surface area contributed by atoms with Crippen molar-refractivity contribution in [3.05, 3.63) is 59.2 Å². The average molecular weight is 383 g/mol. The van der Waals surface area contributed by atoms with Gasteiger partial charge in [0.05, 0.1) is 18.1 Å². The lowest BCUT2D eigenvalue weighted by molar-refractivity contribution is 0.0736. The van der Waals surface area contributed by atoms with E-state index in [1.165, 1.54) is 7.11 Å². The largest absolute Gasteiger partial charge is 0.479 e. The highest BCUT2D eigenvalue weighted by atomic mass is 35.5. The van der Waals surface area contributed by atoms with Gasteiger partial charge in [-0.05, 0) is 30.3 Å². The van der Waals surface area contributed by atoms with Crippen LogP contribution in [0.25, 0.3) is 11.0 Å². The van der Waals surface area contributed by atoms with E-state index in [9.17, 15) is 4.79 Å². The van der Waals surface area contributed by atoms with Crippen molar-refractivity contribution in [2.24, 2.45) is 0 Å². The second-order valence-electron chi connectivity index (χ2n) is 6.33. The second kappa shape index (κ2) is 7.40. The number of aromatic nitrogens is 2. The molecule has 0 bridgehead atoms. The molecule has 1 aliphatic heterocycles. The third-order valence-electron chi connectivity index (χ3n) is 4.67. The molecule has 7 heteroatoms. The Bertz CT molecular complexity index is 987. The van der Waals surface area contributed by atoms with Crippen LogP contribution in [-0.2, 0) is 0 Å². The Kier molecular flexibility index (Phi) is 4.81. The molecule has 4 rings (SSSR count). The van der Waals surface area contributed by atoms with Gasteiger partial charge in [0, 0.05) is 36.9 Å². The molecule has 3 aromatic rings.